The molecule has 0 aliphatic heterocycles. The standard InChI is InChI=1S/C6H12O2S2/c1-3-9-5-6-10(7,8)4-2/h5-6H,3-4H2,1-2H3. The molecule has 0 N–H and O–H groups in total. The summed E-state index contributed by atoms with van der Waals surface area (Å²) in [5.74, 6) is 1.10. The lowest BCUT2D eigenvalue weighted by molar-refractivity contribution is 0.606. The predicted molar refractivity (Wildman–Crippen MR) is 46.7 cm³/mol. The largest absolute Gasteiger partial charge is 0.224 e. The molecule has 0 aromatic rings. The Labute approximate surface area is 66.6 Å². The van der Waals surface area contributed by atoms with Gasteiger partial charge in [-0.3, -0.25) is 0 Å². The van der Waals surface area contributed by atoms with Gasteiger partial charge in [-0.25, -0.2) is 8.42 Å². The van der Waals surface area contributed by atoms with Crippen LogP contribution in [-0.2, 0) is 9.84 Å². The summed E-state index contributed by atoms with van der Waals surface area (Å²) in [5, 5.41) is 2.89. The molecule has 0 aromatic carbocycles. The van der Waals surface area contributed by atoms with Crippen LogP contribution in [0.3, 0.4) is 0 Å². The average Bonchev–Trinajstić information content (AvgIpc) is 1.89. The molecule has 0 spiro atoms. The number of thioether (sulfide) groups is 1. The highest BCUT2D eigenvalue weighted by Crippen LogP contribution is 2.02. The van der Waals surface area contributed by atoms with Crippen LogP contribution >= 0.6 is 11.8 Å². The first-order valence-electron chi connectivity index (χ1n) is 3.13. The first-order chi connectivity index (χ1) is 4.62. The minimum atomic E-state index is -2.89. The van der Waals surface area contributed by atoms with Crippen molar-refractivity contribution < 1.29 is 8.42 Å². The second-order valence-electron chi connectivity index (χ2n) is 1.68. The highest BCUT2D eigenvalue weighted by molar-refractivity contribution is 8.03. The maximum Gasteiger partial charge on any atom is 0.171 e. The van der Waals surface area contributed by atoms with Gasteiger partial charge in [0.05, 0.1) is 5.75 Å². The summed E-state index contributed by atoms with van der Waals surface area (Å²) in [6.45, 7) is 3.61. The number of sulfone groups is 1. The average molecular weight is 180 g/mol. The Morgan fingerprint density at radius 1 is 1.40 bits per heavy atom. The van der Waals surface area contributed by atoms with E-state index in [4.69, 9.17) is 0 Å². The summed E-state index contributed by atoms with van der Waals surface area (Å²) < 4.78 is 21.5. The van der Waals surface area contributed by atoms with Gasteiger partial charge in [0.15, 0.2) is 9.84 Å². The van der Waals surface area contributed by atoms with E-state index in [-0.39, 0.29) is 5.75 Å². The molecule has 4 heteroatoms. The van der Waals surface area contributed by atoms with E-state index < -0.39 is 9.84 Å². The van der Waals surface area contributed by atoms with Gasteiger partial charge < -0.3 is 0 Å². The van der Waals surface area contributed by atoms with E-state index >= 15 is 0 Å². The Morgan fingerprint density at radius 3 is 2.40 bits per heavy atom. The number of hydrogen-bond donors (Lipinski definition) is 0. The second-order valence-corrected chi connectivity index (χ2v) is 5.04. The third-order valence-electron chi connectivity index (χ3n) is 0.928. The van der Waals surface area contributed by atoms with E-state index in [1.54, 1.807) is 12.3 Å². The van der Waals surface area contributed by atoms with Crippen molar-refractivity contribution in [3.05, 3.63) is 10.8 Å². The van der Waals surface area contributed by atoms with Crippen molar-refractivity contribution in [3.8, 4) is 0 Å². The third-order valence-corrected chi connectivity index (χ3v) is 3.12. The predicted octanol–water partition coefficient (Wildman–Crippen LogP) is 1.65. The van der Waals surface area contributed by atoms with Crippen LogP contribution in [0.15, 0.2) is 10.8 Å². The van der Waals surface area contributed by atoms with Crippen molar-refractivity contribution in [1.29, 1.82) is 0 Å². The van der Waals surface area contributed by atoms with Crippen molar-refractivity contribution in [2.75, 3.05) is 11.5 Å². The van der Waals surface area contributed by atoms with Crippen LogP contribution in [0.1, 0.15) is 13.8 Å². The molecule has 60 valence electrons. The molecule has 0 heterocycles. The maximum absolute atomic E-state index is 10.8. The molecule has 0 saturated carbocycles. The quantitative estimate of drug-likeness (QED) is 0.659. The Hall–Kier alpha value is 0.0400. The molecular formula is C6H12O2S2. The van der Waals surface area contributed by atoms with Gasteiger partial charge in [-0.1, -0.05) is 13.8 Å². The fraction of sp³-hybridized carbons (Fsp3) is 0.667. The lowest BCUT2D eigenvalue weighted by Crippen LogP contribution is -1.96. The lowest BCUT2D eigenvalue weighted by Gasteiger charge is -1.89. The molecule has 0 unspecified atom stereocenters. The zero-order valence-electron chi connectivity index (χ0n) is 6.20. The molecule has 0 fully saturated rings. The van der Waals surface area contributed by atoms with E-state index in [0.717, 1.165) is 5.75 Å². The molecule has 0 aliphatic rings. The molecule has 0 bridgehead atoms. The minimum Gasteiger partial charge on any atom is -0.224 e. The molecule has 10 heavy (non-hydrogen) atoms. The fourth-order valence-electron chi connectivity index (χ4n) is 0.316. The summed E-state index contributed by atoms with van der Waals surface area (Å²) in [6, 6.07) is 0. The molecule has 0 atom stereocenters. The van der Waals surface area contributed by atoms with Crippen LogP contribution in [0.5, 0.6) is 0 Å². The molecule has 0 amide bonds. The molecule has 2 nitrogen and oxygen atoms in total. The van der Waals surface area contributed by atoms with E-state index in [1.165, 1.54) is 17.2 Å². The Kier molecular flexibility index (Phi) is 4.81. The van der Waals surface area contributed by atoms with E-state index in [9.17, 15) is 8.42 Å². The van der Waals surface area contributed by atoms with Gasteiger partial charge in [-0.05, 0) is 11.2 Å². The molecule has 0 saturated heterocycles. The number of hydrogen-bond acceptors (Lipinski definition) is 3. The smallest absolute Gasteiger partial charge is 0.171 e. The summed E-state index contributed by atoms with van der Waals surface area (Å²) in [5.41, 5.74) is 0. The van der Waals surface area contributed by atoms with Crippen LogP contribution in [0.2, 0.25) is 0 Å². The maximum atomic E-state index is 10.8. The highest BCUT2D eigenvalue weighted by atomic mass is 32.2. The van der Waals surface area contributed by atoms with Crippen molar-refractivity contribution in [3.63, 3.8) is 0 Å². The van der Waals surface area contributed by atoms with E-state index in [2.05, 4.69) is 0 Å². The monoisotopic (exact) mass is 180 g/mol. The molecule has 0 rings (SSSR count). The summed E-state index contributed by atoms with van der Waals surface area (Å²) in [7, 11) is -2.89. The Bertz CT molecular complexity index is 192. The number of rotatable bonds is 4. The minimum absolute atomic E-state index is 0.188. The molecule has 0 radical (unpaired) electrons. The first-order valence-corrected chi connectivity index (χ1v) is 5.89. The van der Waals surface area contributed by atoms with Gasteiger partial charge in [-0.15, -0.1) is 11.8 Å². The molecular weight excluding hydrogens is 168 g/mol. The van der Waals surface area contributed by atoms with Gasteiger partial charge in [0.25, 0.3) is 0 Å². The van der Waals surface area contributed by atoms with Crippen LogP contribution in [0, 0.1) is 0 Å². The van der Waals surface area contributed by atoms with Crippen molar-refractivity contribution in [2.24, 2.45) is 0 Å². The lowest BCUT2D eigenvalue weighted by atomic mass is 11.0. The second kappa shape index (κ2) is 4.79. The SMILES string of the molecule is CCSC=CS(=O)(=O)CC. The summed E-state index contributed by atoms with van der Waals surface area (Å²) in [6.07, 6.45) is 0. The van der Waals surface area contributed by atoms with Crippen LogP contribution in [0.25, 0.3) is 0 Å². The zero-order valence-corrected chi connectivity index (χ0v) is 7.83. The summed E-state index contributed by atoms with van der Waals surface area (Å²) >= 11 is 1.49. The Morgan fingerprint density at radius 2 is 2.00 bits per heavy atom. The first kappa shape index (κ1) is 10.0. The normalized spacial score (nSPS) is 12.6. The summed E-state index contributed by atoms with van der Waals surface area (Å²) in [4.78, 5) is 0. The topological polar surface area (TPSA) is 34.1 Å². The van der Waals surface area contributed by atoms with Crippen molar-refractivity contribution in [1.82, 2.24) is 0 Å². The van der Waals surface area contributed by atoms with Gasteiger partial charge in [-0.2, -0.15) is 0 Å². The molecule has 0 aliphatic carbocycles. The zero-order chi connectivity index (χ0) is 8.04. The van der Waals surface area contributed by atoms with Crippen LogP contribution in [-0.4, -0.2) is 19.9 Å². The van der Waals surface area contributed by atoms with Crippen molar-refractivity contribution in [2.45, 2.75) is 13.8 Å². The highest BCUT2D eigenvalue weighted by Gasteiger charge is 1.98. The third kappa shape index (κ3) is 4.88. The van der Waals surface area contributed by atoms with Gasteiger partial charge in [0.2, 0.25) is 0 Å². The fourth-order valence-corrected chi connectivity index (χ4v) is 1.69. The van der Waals surface area contributed by atoms with Crippen LogP contribution < -0.4 is 0 Å². The van der Waals surface area contributed by atoms with Gasteiger partial charge >= 0.3 is 0 Å². The van der Waals surface area contributed by atoms with E-state index in [0.29, 0.717) is 0 Å². The molecule has 0 aromatic heterocycles. The Balaban J connectivity index is 3.89. The van der Waals surface area contributed by atoms with Gasteiger partial charge in [0.1, 0.15) is 0 Å². The van der Waals surface area contributed by atoms with E-state index in [1.807, 2.05) is 6.92 Å². The van der Waals surface area contributed by atoms with Gasteiger partial charge in [0, 0.05) is 5.41 Å². The van der Waals surface area contributed by atoms with Crippen molar-refractivity contribution >= 4 is 21.6 Å². The van der Waals surface area contributed by atoms with Crippen LogP contribution in [0.4, 0.5) is 0 Å².